The van der Waals surface area contributed by atoms with E-state index in [1.54, 1.807) is 6.20 Å². The Bertz CT molecular complexity index is 731. The van der Waals surface area contributed by atoms with Gasteiger partial charge in [0.2, 0.25) is 0 Å². The van der Waals surface area contributed by atoms with Crippen LogP contribution in [0.5, 0.6) is 5.75 Å². The summed E-state index contributed by atoms with van der Waals surface area (Å²) >= 11 is 0. The highest BCUT2D eigenvalue weighted by molar-refractivity contribution is 5.88. The van der Waals surface area contributed by atoms with Crippen LogP contribution in [0.1, 0.15) is 5.82 Å². The number of aliphatic hydroxyl groups is 1. The molecule has 0 fully saturated rings. The van der Waals surface area contributed by atoms with Crippen molar-refractivity contribution >= 4 is 10.8 Å². The molecule has 0 radical (unpaired) electrons. The largest absolute Gasteiger partial charge is 0.490 e. The Kier molecular flexibility index (Phi) is 3.88. The van der Waals surface area contributed by atoms with E-state index in [9.17, 15) is 5.11 Å². The normalized spacial score (nSPS) is 12.5. The van der Waals surface area contributed by atoms with Gasteiger partial charge in [0.25, 0.3) is 0 Å². The average Bonchev–Trinajstić information content (AvgIpc) is 2.90. The van der Waals surface area contributed by atoms with Crippen LogP contribution in [-0.2, 0) is 6.54 Å². The lowest BCUT2D eigenvalue weighted by atomic mass is 10.1. The summed E-state index contributed by atoms with van der Waals surface area (Å²) in [7, 11) is 0. The fraction of sp³-hybridized carbons (Fsp3) is 0.235. The third-order valence-corrected chi connectivity index (χ3v) is 3.51. The number of hydrogen-bond acceptors (Lipinski definition) is 3. The van der Waals surface area contributed by atoms with Crippen LogP contribution in [0.4, 0.5) is 0 Å². The zero-order chi connectivity index (χ0) is 14.7. The maximum Gasteiger partial charge on any atom is 0.127 e. The third-order valence-electron chi connectivity index (χ3n) is 3.51. The van der Waals surface area contributed by atoms with E-state index in [1.807, 2.05) is 60.2 Å². The Morgan fingerprint density at radius 2 is 2.00 bits per heavy atom. The van der Waals surface area contributed by atoms with Gasteiger partial charge in [0.05, 0.1) is 6.54 Å². The summed E-state index contributed by atoms with van der Waals surface area (Å²) in [4.78, 5) is 4.14. The van der Waals surface area contributed by atoms with Crippen LogP contribution >= 0.6 is 0 Å². The van der Waals surface area contributed by atoms with Gasteiger partial charge in [-0.25, -0.2) is 4.98 Å². The highest BCUT2D eigenvalue weighted by Gasteiger charge is 2.09. The summed E-state index contributed by atoms with van der Waals surface area (Å²) in [6.45, 7) is 2.65. The summed E-state index contributed by atoms with van der Waals surface area (Å²) in [6, 6.07) is 14.0. The second-order valence-corrected chi connectivity index (χ2v) is 5.07. The molecular formula is C17H18N2O2. The molecule has 3 rings (SSSR count). The Morgan fingerprint density at radius 1 is 1.19 bits per heavy atom. The summed E-state index contributed by atoms with van der Waals surface area (Å²) in [5.74, 6) is 1.69. The molecule has 21 heavy (non-hydrogen) atoms. The molecule has 1 N–H and O–H groups in total. The van der Waals surface area contributed by atoms with Crippen LogP contribution in [-0.4, -0.2) is 27.4 Å². The van der Waals surface area contributed by atoms with Crippen LogP contribution in [0, 0.1) is 6.92 Å². The number of hydrogen-bond donors (Lipinski definition) is 1. The van der Waals surface area contributed by atoms with Crippen LogP contribution in [0.2, 0.25) is 0 Å². The molecule has 1 aromatic heterocycles. The van der Waals surface area contributed by atoms with Crippen molar-refractivity contribution in [2.75, 3.05) is 6.61 Å². The number of aromatic nitrogens is 2. The Hall–Kier alpha value is -2.33. The predicted molar refractivity (Wildman–Crippen MR) is 82.4 cm³/mol. The van der Waals surface area contributed by atoms with Gasteiger partial charge in [0.1, 0.15) is 24.3 Å². The lowest BCUT2D eigenvalue weighted by Gasteiger charge is -2.15. The molecule has 0 aliphatic heterocycles. The molecule has 0 saturated carbocycles. The molecule has 0 spiro atoms. The van der Waals surface area contributed by atoms with Crippen molar-refractivity contribution in [2.45, 2.75) is 19.6 Å². The number of benzene rings is 2. The fourth-order valence-corrected chi connectivity index (χ4v) is 2.38. The van der Waals surface area contributed by atoms with Crippen molar-refractivity contribution in [3.05, 3.63) is 60.7 Å². The minimum Gasteiger partial charge on any atom is -0.490 e. The minimum absolute atomic E-state index is 0.256. The summed E-state index contributed by atoms with van der Waals surface area (Å²) in [5, 5.41) is 12.3. The first-order valence-corrected chi connectivity index (χ1v) is 7.00. The molecular weight excluding hydrogens is 264 g/mol. The van der Waals surface area contributed by atoms with E-state index in [0.717, 1.165) is 22.3 Å². The van der Waals surface area contributed by atoms with E-state index in [2.05, 4.69) is 4.98 Å². The summed E-state index contributed by atoms with van der Waals surface area (Å²) in [5.41, 5.74) is 0. The van der Waals surface area contributed by atoms with E-state index in [-0.39, 0.29) is 6.61 Å². The highest BCUT2D eigenvalue weighted by Crippen LogP contribution is 2.25. The van der Waals surface area contributed by atoms with Crippen LogP contribution < -0.4 is 4.74 Å². The molecule has 4 heteroatoms. The predicted octanol–water partition coefficient (Wildman–Crippen LogP) is 2.78. The lowest BCUT2D eigenvalue weighted by molar-refractivity contribution is 0.0927. The zero-order valence-electron chi connectivity index (χ0n) is 11.9. The number of nitrogens with zero attached hydrogens (tertiary/aromatic N) is 2. The zero-order valence-corrected chi connectivity index (χ0v) is 11.9. The van der Waals surface area contributed by atoms with Gasteiger partial charge >= 0.3 is 0 Å². The molecule has 3 aromatic rings. The van der Waals surface area contributed by atoms with E-state index in [1.165, 1.54) is 0 Å². The molecule has 0 saturated heterocycles. The minimum atomic E-state index is -0.572. The first-order chi connectivity index (χ1) is 10.2. The molecule has 4 nitrogen and oxygen atoms in total. The number of ether oxygens (including phenoxy) is 1. The quantitative estimate of drug-likeness (QED) is 0.782. The molecule has 2 aromatic carbocycles. The van der Waals surface area contributed by atoms with Crippen molar-refractivity contribution in [3.8, 4) is 5.75 Å². The van der Waals surface area contributed by atoms with Gasteiger partial charge in [-0.1, -0.05) is 36.4 Å². The second-order valence-electron chi connectivity index (χ2n) is 5.07. The van der Waals surface area contributed by atoms with Crippen molar-refractivity contribution in [3.63, 3.8) is 0 Å². The second kappa shape index (κ2) is 5.97. The van der Waals surface area contributed by atoms with Gasteiger partial charge in [-0.3, -0.25) is 0 Å². The smallest absolute Gasteiger partial charge is 0.127 e. The Balaban J connectivity index is 1.68. The highest BCUT2D eigenvalue weighted by atomic mass is 16.5. The van der Waals surface area contributed by atoms with Gasteiger partial charge in [-0.2, -0.15) is 0 Å². The van der Waals surface area contributed by atoms with Gasteiger partial charge in [-0.05, 0) is 18.4 Å². The van der Waals surface area contributed by atoms with Gasteiger partial charge in [-0.15, -0.1) is 0 Å². The van der Waals surface area contributed by atoms with Crippen LogP contribution in [0.3, 0.4) is 0 Å². The first-order valence-electron chi connectivity index (χ1n) is 7.00. The third kappa shape index (κ3) is 3.06. The molecule has 0 bridgehead atoms. The summed E-state index contributed by atoms with van der Waals surface area (Å²) in [6.07, 6.45) is 3.02. The number of fused-ring (bicyclic) bond motifs is 1. The molecule has 108 valence electrons. The molecule has 0 aliphatic carbocycles. The van der Waals surface area contributed by atoms with E-state index < -0.39 is 6.10 Å². The molecule has 0 aliphatic rings. The standard InChI is InChI=1S/C17H18N2O2/c1-13-18-9-10-19(13)11-15(20)12-21-17-8-4-6-14-5-2-3-7-16(14)17/h2-10,15,20H,11-12H2,1H3/t15-/m1/s1. The average molecular weight is 282 g/mol. The lowest BCUT2D eigenvalue weighted by Crippen LogP contribution is -2.23. The summed E-state index contributed by atoms with van der Waals surface area (Å²) < 4.78 is 7.70. The SMILES string of the molecule is Cc1nccn1C[C@@H](O)COc1cccc2ccccc12. The van der Waals surface area contributed by atoms with Crippen molar-refractivity contribution < 1.29 is 9.84 Å². The number of rotatable bonds is 5. The van der Waals surface area contributed by atoms with Crippen molar-refractivity contribution in [1.29, 1.82) is 0 Å². The van der Waals surface area contributed by atoms with E-state index in [0.29, 0.717) is 6.54 Å². The molecule has 1 atom stereocenters. The molecule has 1 heterocycles. The van der Waals surface area contributed by atoms with Gasteiger partial charge in [0, 0.05) is 17.8 Å². The van der Waals surface area contributed by atoms with Gasteiger partial charge in [0.15, 0.2) is 0 Å². The van der Waals surface area contributed by atoms with E-state index in [4.69, 9.17) is 4.74 Å². The Morgan fingerprint density at radius 3 is 2.81 bits per heavy atom. The maximum absolute atomic E-state index is 10.1. The van der Waals surface area contributed by atoms with Crippen LogP contribution in [0.15, 0.2) is 54.9 Å². The van der Waals surface area contributed by atoms with Crippen molar-refractivity contribution in [2.24, 2.45) is 0 Å². The monoisotopic (exact) mass is 282 g/mol. The first kappa shape index (κ1) is 13.6. The number of imidazole rings is 1. The maximum atomic E-state index is 10.1. The molecule has 0 unspecified atom stereocenters. The van der Waals surface area contributed by atoms with E-state index >= 15 is 0 Å². The number of aryl methyl sites for hydroxylation is 1. The molecule has 0 amide bonds. The fourth-order valence-electron chi connectivity index (χ4n) is 2.38. The number of aliphatic hydroxyl groups excluding tert-OH is 1. The van der Waals surface area contributed by atoms with Gasteiger partial charge < -0.3 is 14.4 Å². The topological polar surface area (TPSA) is 47.3 Å². The van der Waals surface area contributed by atoms with Crippen LogP contribution in [0.25, 0.3) is 10.8 Å². The van der Waals surface area contributed by atoms with Crippen molar-refractivity contribution in [1.82, 2.24) is 9.55 Å². The Labute approximate surface area is 123 Å².